The fourth-order valence-corrected chi connectivity index (χ4v) is 2.63. The molecule has 0 unspecified atom stereocenters. The van der Waals surface area contributed by atoms with E-state index in [1.807, 2.05) is 12.1 Å². The Kier molecular flexibility index (Phi) is 4.41. The lowest BCUT2D eigenvalue weighted by molar-refractivity contribution is 0.304. The second kappa shape index (κ2) is 6.05. The maximum absolute atomic E-state index is 4.65. The highest BCUT2D eigenvalue weighted by Crippen LogP contribution is 2.21. The van der Waals surface area contributed by atoms with E-state index >= 15 is 0 Å². The standard InChI is InChI=1S/C17H24N2/c1-12(2)15(13(3)4)11-18-17-10-9-14-7-5-6-8-16(14)19-17/h5-10,12-13,15H,11H2,1-4H3,(H,18,19). The summed E-state index contributed by atoms with van der Waals surface area (Å²) in [6, 6.07) is 12.4. The highest BCUT2D eigenvalue weighted by molar-refractivity contribution is 5.79. The van der Waals surface area contributed by atoms with Crippen molar-refractivity contribution in [1.82, 2.24) is 4.98 Å². The first-order valence-electron chi connectivity index (χ1n) is 7.17. The third-order valence-electron chi connectivity index (χ3n) is 3.83. The van der Waals surface area contributed by atoms with Gasteiger partial charge in [0.1, 0.15) is 5.82 Å². The molecule has 1 aromatic heterocycles. The number of rotatable bonds is 5. The minimum absolute atomic E-state index is 0.674. The summed E-state index contributed by atoms with van der Waals surface area (Å²) in [5.74, 6) is 3.03. The van der Waals surface area contributed by atoms with Crippen LogP contribution in [0.25, 0.3) is 10.9 Å². The van der Waals surface area contributed by atoms with E-state index in [0.29, 0.717) is 17.8 Å². The zero-order valence-electron chi connectivity index (χ0n) is 12.4. The maximum Gasteiger partial charge on any atom is 0.126 e. The zero-order chi connectivity index (χ0) is 13.8. The molecule has 0 saturated heterocycles. The fraction of sp³-hybridized carbons (Fsp3) is 0.471. The molecule has 0 radical (unpaired) electrons. The molecule has 2 heteroatoms. The predicted octanol–water partition coefficient (Wildman–Crippen LogP) is 4.57. The number of hydrogen-bond acceptors (Lipinski definition) is 2. The molecule has 0 bridgehead atoms. The van der Waals surface area contributed by atoms with Gasteiger partial charge in [-0.05, 0) is 36.0 Å². The number of nitrogens with zero attached hydrogens (tertiary/aromatic N) is 1. The monoisotopic (exact) mass is 256 g/mol. The molecule has 1 N–H and O–H groups in total. The first-order chi connectivity index (χ1) is 9.08. The van der Waals surface area contributed by atoms with E-state index in [4.69, 9.17) is 0 Å². The average Bonchev–Trinajstić information content (AvgIpc) is 2.38. The summed E-state index contributed by atoms with van der Waals surface area (Å²) in [7, 11) is 0. The van der Waals surface area contributed by atoms with Crippen molar-refractivity contribution >= 4 is 16.7 Å². The van der Waals surface area contributed by atoms with E-state index in [-0.39, 0.29) is 0 Å². The third-order valence-corrected chi connectivity index (χ3v) is 3.83. The van der Waals surface area contributed by atoms with E-state index in [1.165, 1.54) is 5.39 Å². The Bertz CT molecular complexity index is 524. The number of aromatic nitrogens is 1. The first kappa shape index (κ1) is 13.9. The summed E-state index contributed by atoms with van der Waals surface area (Å²) >= 11 is 0. The van der Waals surface area contributed by atoms with Crippen molar-refractivity contribution < 1.29 is 0 Å². The molecule has 0 aliphatic rings. The van der Waals surface area contributed by atoms with Crippen LogP contribution in [0, 0.1) is 17.8 Å². The van der Waals surface area contributed by atoms with Crippen LogP contribution in [0.1, 0.15) is 27.7 Å². The number of para-hydroxylation sites is 1. The van der Waals surface area contributed by atoms with Crippen molar-refractivity contribution in [1.29, 1.82) is 0 Å². The molecular formula is C17H24N2. The van der Waals surface area contributed by atoms with Crippen LogP contribution < -0.4 is 5.32 Å². The van der Waals surface area contributed by atoms with Crippen LogP contribution in [0.3, 0.4) is 0 Å². The van der Waals surface area contributed by atoms with Crippen LogP contribution in [-0.4, -0.2) is 11.5 Å². The van der Waals surface area contributed by atoms with Crippen LogP contribution in [0.5, 0.6) is 0 Å². The number of pyridine rings is 1. The van der Waals surface area contributed by atoms with Crippen LogP contribution >= 0.6 is 0 Å². The van der Waals surface area contributed by atoms with Gasteiger partial charge in [0.25, 0.3) is 0 Å². The topological polar surface area (TPSA) is 24.9 Å². The van der Waals surface area contributed by atoms with E-state index in [1.54, 1.807) is 0 Å². The van der Waals surface area contributed by atoms with Crippen LogP contribution in [0.2, 0.25) is 0 Å². The Morgan fingerprint density at radius 2 is 1.63 bits per heavy atom. The van der Waals surface area contributed by atoms with Gasteiger partial charge in [-0.2, -0.15) is 0 Å². The summed E-state index contributed by atoms with van der Waals surface area (Å²) in [5.41, 5.74) is 1.05. The van der Waals surface area contributed by atoms with Gasteiger partial charge >= 0.3 is 0 Å². The maximum atomic E-state index is 4.65. The number of benzene rings is 1. The molecule has 0 amide bonds. The average molecular weight is 256 g/mol. The normalized spacial score (nSPS) is 11.7. The Balaban J connectivity index is 2.09. The molecule has 1 aromatic carbocycles. The van der Waals surface area contributed by atoms with Gasteiger partial charge in [-0.3, -0.25) is 0 Å². The number of fused-ring (bicyclic) bond motifs is 1. The molecule has 0 spiro atoms. The molecule has 0 aliphatic heterocycles. The smallest absolute Gasteiger partial charge is 0.126 e. The molecular weight excluding hydrogens is 232 g/mol. The van der Waals surface area contributed by atoms with Crippen molar-refractivity contribution in [2.24, 2.45) is 17.8 Å². The number of hydrogen-bond donors (Lipinski definition) is 1. The van der Waals surface area contributed by atoms with Crippen molar-refractivity contribution in [2.45, 2.75) is 27.7 Å². The molecule has 0 atom stereocenters. The molecule has 2 rings (SSSR count). The Hall–Kier alpha value is -1.57. The van der Waals surface area contributed by atoms with Gasteiger partial charge in [0.2, 0.25) is 0 Å². The lowest BCUT2D eigenvalue weighted by atomic mass is 9.85. The molecule has 0 fully saturated rings. The second-order valence-electron chi connectivity index (χ2n) is 5.92. The number of anilines is 1. The predicted molar refractivity (Wildman–Crippen MR) is 83.4 cm³/mol. The summed E-state index contributed by atoms with van der Waals surface area (Å²) in [4.78, 5) is 4.65. The van der Waals surface area contributed by atoms with Crippen molar-refractivity contribution in [3.63, 3.8) is 0 Å². The van der Waals surface area contributed by atoms with Gasteiger partial charge in [-0.15, -0.1) is 0 Å². The Morgan fingerprint density at radius 1 is 0.947 bits per heavy atom. The molecule has 0 aliphatic carbocycles. The van der Waals surface area contributed by atoms with Gasteiger partial charge < -0.3 is 5.32 Å². The van der Waals surface area contributed by atoms with Gasteiger partial charge in [-0.1, -0.05) is 45.9 Å². The molecule has 1 heterocycles. The molecule has 19 heavy (non-hydrogen) atoms. The molecule has 0 saturated carbocycles. The van der Waals surface area contributed by atoms with Crippen molar-refractivity contribution in [2.75, 3.05) is 11.9 Å². The molecule has 2 aromatic rings. The lowest BCUT2D eigenvalue weighted by Gasteiger charge is -2.25. The van der Waals surface area contributed by atoms with Crippen molar-refractivity contribution in [3.8, 4) is 0 Å². The molecule has 2 nitrogen and oxygen atoms in total. The van der Waals surface area contributed by atoms with Gasteiger partial charge in [0.15, 0.2) is 0 Å². The second-order valence-corrected chi connectivity index (χ2v) is 5.92. The van der Waals surface area contributed by atoms with Crippen molar-refractivity contribution in [3.05, 3.63) is 36.4 Å². The van der Waals surface area contributed by atoms with E-state index < -0.39 is 0 Å². The largest absolute Gasteiger partial charge is 0.370 e. The summed E-state index contributed by atoms with van der Waals surface area (Å²) < 4.78 is 0. The summed E-state index contributed by atoms with van der Waals surface area (Å²) in [6.45, 7) is 10.2. The van der Waals surface area contributed by atoms with E-state index in [2.05, 4.69) is 62.3 Å². The fourth-order valence-electron chi connectivity index (χ4n) is 2.63. The quantitative estimate of drug-likeness (QED) is 0.847. The minimum Gasteiger partial charge on any atom is -0.370 e. The van der Waals surface area contributed by atoms with E-state index in [9.17, 15) is 0 Å². The van der Waals surface area contributed by atoms with Gasteiger partial charge in [0.05, 0.1) is 5.52 Å². The zero-order valence-corrected chi connectivity index (χ0v) is 12.4. The van der Waals surface area contributed by atoms with E-state index in [0.717, 1.165) is 17.9 Å². The number of nitrogens with one attached hydrogen (secondary N) is 1. The Morgan fingerprint density at radius 3 is 2.32 bits per heavy atom. The minimum atomic E-state index is 0.674. The van der Waals surface area contributed by atoms with Crippen LogP contribution in [0.4, 0.5) is 5.82 Å². The summed E-state index contributed by atoms with van der Waals surface area (Å²) in [5, 5.41) is 4.68. The Labute approximate surface area is 116 Å². The SMILES string of the molecule is CC(C)C(CNc1ccc2ccccc2n1)C(C)C. The van der Waals surface area contributed by atoms with Gasteiger partial charge in [-0.25, -0.2) is 4.98 Å². The highest BCUT2D eigenvalue weighted by atomic mass is 15.0. The molecule has 102 valence electrons. The third kappa shape index (κ3) is 3.46. The lowest BCUT2D eigenvalue weighted by Crippen LogP contribution is -2.24. The van der Waals surface area contributed by atoms with Crippen LogP contribution in [0.15, 0.2) is 36.4 Å². The van der Waals surface area contributed by atoms with Crippen LogP contribution in [-0.2, 0) is 0 Å². The summed E-state index contributed by atoms with van der Waals surface area (Å²) in [6.07, 6.45) is 0. The highest BCUT2D eigenvalue weighted by Gasteiger charge is 2.17. The van der Waals surface area contributed by atoms with Gasteiger partial charge in [0, 0.05) is 11.9 Å². The first-order valence-corrected chi connectivity index (χ1v) is 7.17.